The van der Waals surface area contributed by atoms with E-state index in [1.54, 1.807) is 24.8 Å². The SMILES string of the molecule is c1cnc(-c2cc(-c3ncccn3)cc(N3c4ccccc4Oc4ccccc43)c2)nc1. The number of benzene rings is 3. The quantitative estimate of drug-likeness (QED) is 0.344. The molecule has 2 aromatic heterocycles. The third-order valence-electron chi connectivity index (χ3n) is 5.26. The van der Waals surface area contributed by atoms with Crippen molar-refractivity contribution in [2.24, 2.45) is 0 Å². The summed E-state index contributed by atoms with van der Waals surface area (Å²) in [6.07, 6.45) is 6.97. The molecule has 3 aromatic carbocycles. The number of para-hydroxylation sites is 4. The molecule has 5 aromatic rings. The van der Waals surface area contributed by atoms with Gasteiger partial charge in [-0.1, -0.05) is 24.3 Å². The fourth-order valence-corrected chi connectivity index (χ4v) is 3.88. The molecule has 0 radical (unpaired) electrons. The van der Waals surface area contributed by atoms with Crippen molar-refractivity contribution in [2.45, 2.75) is 0 Å². The van der Waals surface area contributed by atoms with E-state index in [1.165, 1.54) is 0 Å². The number of rotatable bonds is 3. The largest absolute Gasteiger partial charge is 0.453 e. The van der Waals surface area contributed by atoms with E-state index >= 15 is 0 Å². The van der Waals surface area contributed by atoms with Crippen molar-refractivity contribution in [1.29, 1.82) is 0 Å². The monoisotopic (exact) mass is 415 g/mol. The van der Waals surface area contributed by atoms with E-state index in [4.69, 9.17) is 4.74 Å². The lowest BCUT2D eigenvalue weighted by Gasteiger charge is -2.33. The lowest BCUT2D eigenvalue weighted by Crippen LogP contribution is -2.16. The summed E-state index contributed by atoms with van der Waals surface area (Å²) in [7, 11) is 0. The van der Waals surface area contributed by atoms with Crippen LogP contribution < -0.4 is 9.64 Å². The van der Waals surface area contributed by atoms with Gasteiger partial charge in [-0.15, -0.1) is 0 Å². The first-order chi connectivity index (χ1) is 15.9. The molecule has 0 aliphatic carbocycles. The van der Waals surface area contributed by atoms with Crippen LogP contribution in [0.4, 0.5) is 17.1 Å². The molecule has 32 heavy (non-hydrogen) atoms. The second-order valence-corrected chi connectivity index (χ2v) is 7.29. The van der Waals surface area contributed by atoms with E-state index in [0.29, 0.717) is 11.6 Å². The summed E-state index contributed by atoms with van der Waals surface area (Å²) >= 11 is 0. The van der Waals surface area contributed by atoms with Crippen LogP contribution in [-0.2, 0) is 0 Å². The fraction of sp³-hybridized carbons (Fsp3) is 0. The van der Waals surface area contributed by atoms with Crippen molar-refractivity contribution in [3.8, 4) is 34.3 Å². The summed E-state index contributed by atoms with van der Waals surface area (Å²) in [6, 6.07) is 25.8. The van der Waals surface area contributed by atoms with Crippen LogP contribution in [0, 0.1) is 0 Å². The van der Waals surface area contributed by atoms with Crippen LogP contribution in [0.3, 0.4) is 0 Å². The maximum atomic E-state index is 6.17. The molecule has 0 saturated heterocycles. The van der Waals surface area contributed by atoms with Crippen LogP contribution in [0.5, 0.6) is 11.5 Å². The molecular formula is C26H17N5O. The third kappa shape index (κ3) is 3.15. The highest BCUT2D eigenvalue weighted by Gasteiger charge is 2.26. The highest BCUT2D eigenvalue weighted by molar-refractivity contribution is 5.88. The first kappa shape index (κ1) is 18.2. The maximum Gasteiger partial charge on any atom is 0.159 e. The topological polar surface area (TPSA) is 64.0 Å². The average molecular weight is 415 g/mol. The number of anilines is 3. The molecule has 6 heteroatoms. The Labute approximate surface area is 184 Å². The predicted octanol–water partition coefficient (Wildman–Crippen LogP) is 6.18. The molecule has 0 unspecified atom stereocenters. The third-order valence-corrected chi connectivity index (χ3v) is 5.26. The molecule has 0 N–H and O–H groups in total. The zero-order valence-electron chi connectivity index (χ0n) is 17.0. The van der Waals surface area contributed by atoms with Gasteiger partial charge in [0.1, 0.15) is 0 Å². The van der Waals surface area contributed by atoms with Crippen molar-refractivity contribution in [3.63, 3.8) is 0 Å². The number of aromatic nitrogens is 4. The summed E-state index contributed by atoms with van der Waals surface area (Å²) in [5, 5.41) is 0. The van der Waals surface area contributed by atoms with Gasteiger partial charge in [0.25, 0.3) is 0 Å². The minimum Gasteiger partial charge on any atom is -0.453 e. The molecule has 0 amide bonds. The second kappa shape index (κ2) is 7.59. The van der Waals surface area contributed by atoms with E-state index in [9.17, 15) is 0 Å². The van der Waals surface area contributed by atoms with E-state index in [0.717, 1.165) is 39.7 Å². The second-order valence-electron chi connectivity index (χ2n) is 7.29. The smallest absolute Gasteiger partial charge is 0.159 e. The van der Waals surface area contributed by atoms with Gasteiger partial charge < -0.3 is 9.64 Å². The molecule has 6 nitrogen and oxygen atoms in total. The zero-order chi connectivity index (χ0) is 21.3. The number of hydrogen-bond acceptors (Lipinski definition) is 6. The minimum absolute atomic E-state index is 0.640. The van der Waals surface area contributed by atoms with Gasteiger partial charge in [-0.3, -0.25) is 0 Å². The molecule has 0 fully saturated rings. The van der Waals surface area contributed by atoms with Crippen molar-refractivity contribution >= 4 is 17.1 Å². The molecule has 1 aliphatic heterocycles. The van der Waals surface area contributed by atoms with Gasteiger partial charge in [0, 0.05) is 41.6 Å². The Morgan fingerprint density at radius 2 is 1.00 bits per heavy atom. The van der Waals surface area contributed by atoms with Crippen LogP contribution in [0.15, 0.2) is 104 Å². The van der Waals surface area contributed by atoms with E-state index in [1.807, 2.05) is 54.6 Å². The Hall–Kier alpha value is -4.58. The van der Waals surface area contributed by atoms with Gasteiger partial charge in [0.05, 0.1) is 11.4 Å². The number of nitrogens with zero attached hydrogens (tertiary/aromatic N) is 5. The van der Waals surface area contributed by atoms with Gasteiger partial charge in [-0.25, -0.2) is 19.9 Å². The molecule has 0 spiro atoms. The summed E-state index contributed by atoms with van der Waals surface area (Å²) in [5.41, 5.74) is 4.62. The van der Waals surface area contributed by atoms with E-state index in [2.05, 4.69) is 49.1 Å². The van der Waals surface area contributed by atoms with Crippen LogP contribution >= 0.6 is 0 Å². The number of fused-ring (bicyclic) bond motifs is 2. The Bertz CT molecular complexity index is 1300. The van der Waals surface area contributed by atoms with E-state index < -0.39 is 0 Å². The first-order valence-electron chi connectivity index (χ1n) is 10.2. The number of ether oxygens (including phenoxy) is 1. The summed E-state index contributed by atoms with van der Waals surface area (Å²) in [6.45, 7) is 0. The Morgan fingerprint density at radius 1 is 0.531 bits per heavy atom. The number of hydrogen-bond donors (Lipinski definition) is 0. The van der Waals surface area contributed by atoms with Gasteiger partial charge in [-0.2, -0.15) is 0 Å². The summed E-state index contributed by atoms with van der Waals surface area (Å²) in [5.74, 6) is 2.87. The fourth-order valence-electron chi connectivity index (χ4n) is 3.88. The normalized spacial score (nSPS) is 11.9. The zero-order valence-corrected chi connectivity index (χ0v) is 17.0. The predicted molar refractivity (Wildman–Crippen MR) is 123 cm³/mol. The molecular weight excluding hydrogens is 398 g/mol. The molecule has 152 valence electrons. The Morgan fingerprint density at radius 3 is 1.50 bits per heavy atom. The summed E-state index contributed by atoms with van der Waals surface area (Å²) < 4.78 is 6.17. The Kier molecular flexibility index (Phi) is 4.32. The van der Waals surface area contributed by atoms with E-state index in [-0.39, 0.29) is 0 Å². The van der Waals surface area contributed by atoms with Crippen LogP contribution in [-0.4, -0.2) is 19.9 Å². The van der Waals surface area contributed by atoms with Crippen molar-refractivity contribution in [1.82, 2.24) is 19.9 Å². The van der Waals surface area contributed by atoms with Crippen LogP contribution in [0.1, 0.15) is 0 Å². The van der Waals surface area contributed by atoms with Gasteiger partial charge in [-0.05, 0) is 54.6 Å². The standard InChI is InChI=1S/C26H17N5O/c1-3-9-23-21(7-1)31(22-8-2-4-10-24(22)32-23)20-16-18(25-27-11-5-12-28-25)15-19(17-20)26-29-13-6-14-30-26/h1-17H. The van der Waals surface area contributed by atoms with Gasteiger partial charge >= 0.3 is 0 Å². The lowest BCUT2D eigenvalue weighted by molar-refractivity contribution is 0.477. The molecule has 0 saturated carbocycles. The molecule has 6 rings (SSSR count). The highest BCUT2D eigenvalue weighted by atomic mass is 16.5. The minimum atomic E-state index is 0.640. The maximum absolute atomic E-state index is 6.17. The van der Waals surface area contributed by atoms with Gasteiger partial charge in [0.2, 0.25) is 0 Å². The molecule has 3 heterocycles. The first-order valence-corrected chi connectivity index (χ1v) is 10.2. The average Bonchev–Trinajstić information content (AvgIpc) is 2.88. The highest BCUT2D eigenvalue weighted by Crippen LogP contribution is 2.50. The summed E-state index contributed by atoms with van der Waals surface area (Å²) in [4.78, 5) is 20.0. The molecule has 0 bridgehead atoms. The molecule has 1 aliphatic rings. The molecule has 0 atom stereocenters. The van der Waals surface area contributed by atoms with Crippen LogP contribution in [0.2, 0.25) is 0 Å². The Balaban J connectivity index is 1.61. The van der Waals surface area contributed by atoms with Crippen molar-refractivity contribution in [3.05, 3.63) is 104 Å². The van der Waals surface area contributed by atoms with Crippen LogP contribution in [0.25, 0.3) is 22.8 Å². The van der Waals surface area contributed by atoms with Crippen molar-refractivity contribution < 1.29 is 4.74 Å². The van der Waals surface area contributed by atoms with Crippen molar-refractivity contribution in [2.75, 3.05) is 4.90 Å². The van der Waals surface area contributed by atoms with Gasteiger partial charge in [0.15, 0.2) is 23.1 Å². The lowest BCUT2D eigenvalue weighted by atomic mass is 10.0.